The third kappa shape index (κ3) is 7.41. The molecule has 2 aromatic rings. The third-order valence-corrected chi connectivity index (χ3v) is 13.9. The molecule has 2 unspecified atom stereocenters. The number of ether oxygens (including phenoxy) is 7. The van der Waals surface area contributed by atoms with Crippen molar-refractivity contribution in [2.75, 3.05) is 6.61 Å². The van der Waals surface area contributed by atoms with Crippen LogP contribution in [0, 0.1) is 16.7 Å². The van der Waals surface area contributed by atoms with Crippen molar-refractivity contribution in [1.82, 2.24) is 5.32 Å². The van der Waals surface area contributed by atoms with E-state index < -0.39 is 118 Å². The number of carbonyl (C=O) groups excluding carboxylic acids is 4. The Hall–Kier alpha value is -4.38. The van der Waals surface area contributed by atoms with Crippen LogP contribution in [0.4, 0.5) is 4.79 Å². The minimum atomic E-state index is -2.43. The number of carbonyl (C=O) groups is 4. The van der Waals surface area contributed by atoms with Gasteiger partial charge in [-0.25, -0.2) is 14.4 Å². The summed E-state index contributed by atoms with van der Waals surface area (Å²) in [5, 5.41) is 41.1. The van der Waals surface area contributed by atoms with Gasteiger partial charge in [0.25, 0.3) is 0 Å². The summed E-state index contributed by atoms with van der Waals surface area (Å²) in [5.41, 5.74) is -8.39. The minimum Gasteiger partial charge on any atom is -0.456 e. The first-order chi connectivity index (χ1) is 28.7. The lowest BCUT2D eigenvalue weighted by Crippen LogP contribution is -2.82. The van der Waals surface area contributed by atoms with Gasteiger partial charge in [0.15, 0.2) is 17.0 Å². The maximum atomic E-state index is 14.7. The number of hydrogen-bond acceptors (Lipinski definition) is 14. The fourth-order valence-corrected chi connectivity index (χ4v) is 10.9. The maximum absolute atomic E-state index is 14.7. The lowest BCUT2D eigenvalue weighted by molar-refractivity contribution is -0.362. The van der Waals surface area contributed by atoms with Crippen molar-refractivity contribution >= 4 is 24.0 Å². The smallest absolute Gasteiger partial charge is 0.408 e. The number of esters is 3. The second kappa shape index (κ2) is 15.4. The van der Waals surface area contributed by atoms with E-state index in [1.165, 1.54) is 13.8 Å². The fourth-order valence-electron chi connectivity index (χ4n) is 10.9. The average molecular weight is 864 g/mol. The normalized spacial score (nSPS) is 35.7. The van der Waals surface area contributed by atoms with Crippen molar-refractivity contribution in [3.05, 3.63) is 82.9 Å². The molecule has 0 spiro atoms. The molecule has 2 saturated heterocycles. The number of nitrogens with one attached hydrogen (secondary N) is 1. The molecule has 2 bridgehead atoms. The first-order valence-corrected chi connectivity index (χ1v) is 21.2. The predicted molar refractivity (Wildman–Crippen MR) is 221 cm³/mol. The zero-order valence-electron chi connectivity index (χ0n) is 37.3. The number of benzene rings is 2. The highest BCUT2D eigenvalue weighted by Gasteiger charge is 2.79. The Kier molecular flexibility index (Phi) is 11.3. The second-order valence-electron chi connectivity index (χ2n) is 20.0. The lowest BCUT2D eigenvalue weighted by Gasteiger charge is -2.68. The molecule has 15 heteroatoms. The van der Waals surface area contributed by atoms with E-state index in [-0.39, 0.29) is 18.6 Å². The van der Waals surface area contributed by atoms with Gasteiger partial charge in [-0.05, 0) is 77.3 Å². The topological polar surface area (TPSA) is 206 Å². The number of aliphatic hydroxyl groups is 3. The summed E-state index contributed by atoms with van der Waals surface area (Å²) >= 11 is 0. The van der Waals surface area contributed by atoms with E-state index in [4.69, 9.17) is 33.2 Å². The molecule has 4 N–H and O–H groups in total. The van der Waals surface area contributed by atoms with Crippen molar-refractivity contribution in [2.24, 2.45) is 16.7 Å². The van der Waals surface area contributed by atoms with Crippen molar-refractivity contribution < 1.29 is 67.7 Å². The molecule has 12 atom stereocenters. The second-order valence-corrected chi connectivity index (χ2v) is 20.0. The number of alkyl carbamates (subject to hydrolysis) is 1. The van der Waals surface area contributed by atoms with Crippen LogP contribution in [0.1, 0.15) is 111 Å². The molecule has 5 aliphatic rings. The lowest BCUT2D eigenvalue weighted by atomic mass is 9.44. The molecular weight excluding hydrogens is 803 g/mol. The Balaban J connectivity index is 1.41. The van der Waals surface area contributed by atoms with Crippen molar-refractivity contribution in [3.63, 3.8) is 0 Å². The molecule has 338 valence electrons. The molecule has 2 aromatic carbocycles. The zero-order valence-corrected chi connectivity index (χ0v) is 37.3. The molecule has 15 nitrogen and oxygen atoms in total. The van der Waals surface area contributed by atoms with E-state index in [1.54, 1.807) is 123 Å². The number of fused-ring (bicyclic) bond motifs is 8. The Bertz CT molecular complexity index is 2110. The fraction of sp³-hybridized carbons (Fsp3) is 0.617. The number of hydrogen-bond donors (Lipinski definition) is 4. The summed E-state index contributed by atoms with van der Waals surface area (Å²) in [6.07, 6.45) is -8.24. The SMILES string of the molecule is CC(=O)O[C@@]12CO[C@@H]1C[C@H](O)[C@@]1(C)[C@@H]3OC(C)(C)O[C@@H]3C3=C(C)[C@@H](OC(=O)C(C)(O)C(NC(=O)OC(C)(C)C)c4ccccc4)C[C@@](O)([C@@H](OC(=O)c4ccccc4)[C@H]21)C3(C)C. The van der Waals surface area contributed by atoms with Crippen LogP contribution in [0.25, 0.3) is 0 Å². The molecule has 2 saturated carbocycles. The van der Waals surface area contributed by atoms with E-state index in [2.05, 4.69) is 5.32 Å². The Morgan fingerprint density at radius 3 is 2.08 bits per heavy atom. The molecule has 2 heterocycles. The quantitative estimate of drug-likeness (QED) is 0.152. The molecule has 1 amide bonds. The van der Waals surface area contributed by atoms with E-state index in [1.807, 2.05) is 0 Å². The van der Waals surface area contributed by atoms with Gasteiger partial charge in [0.2, 0.25) is 0 Å². The summed E-state index contributed by atoms with van der Waals surface area (Å²) in [4.78, 5) is 55.4. The molecule has 4 fully saturated rings. The standard InChI is InChI=1S/C47H61NO14/c1-25-29(57-39(52)45(11,54)35(27-18-14-12-15-19-27)48-40(53)62-41(3,4)5)23-47(55)37(58-38(51)28-20-16-13-17-21-28)34-44(10,30(50)22-31-46(34,24-56-31)59-26(2)49)36-33(32(25)42(47,6)7)60-43(8,9)61-36/h12-21,29-31,33-37,50,54-55H,22-24H2,1-11H3,(H,48,53)/t29-,30-,31+,33+,34-,35?,36+,37-,44+,45?,46-,47+/m0/s1. The van der Waals surface area contributed by atoms with Crippen LogP contribution in [0.3, 0.4) is 0 Å². The molecule has 0 aromatic heterocycles. The largest absolute Gasteiger partial charge is 0.456 e. The van der Waals surface area contributed by atoms with Crippen LogP contribution in [0.2, 0.25) is 0 Å². The van der Waals surface area contributed by atoms with Gasteiger partial charge in [-0.1, -0.05) is 69.3 Å². The summed E-state index contributed by atoms with van der Waals surface area (Å²) in [5.74, 6) is -5.08. The maximum Gasteiger partial charge on any atom is 0.408 e. The minimum absolute atomic E-state index is 0.0295. The van der Waals surface area contributed by atoms with Gasteiger partial charge in [-0.3, -0.25) is 4.79 Å². The number of rotatable bonds is 8. The van der Waals surface area contributed by atoms with Gasteiger partial charge < -0.3 is 53.8 Å². The highest BCUT2D eigenvalue weighted by Crippen LogP contribution is 2.67. The predicted octanol–water partition coefficient (Wildman–Crippen LogP) is 5.24. The molecule has 62 heavy (non-hydrogen) atoms. The van der Waals surface area contributed by atoms with Crippen LogP contribution >= 0.6 is 0 Å². The number of aliphatic hydroxyl groups excluding tert-OH is 1. The number of amides is 1. The summed E-state index contributed by atoms with van der Waals surface area (Å²) < 4.78 is 44.3. The van der Waals surface area contributed by atoms with Gasteiger partial charge in [0.05, 0.1) is 36.3 Å². The van der Waals surface area contributed by atoms with Crippen molar-refractivity contribution in [1.29, 1.82) is 0 Å². The molecule has 7 rings (SSSR count). The van der Waals surface area contributed by atoms with Gasteiger partial charge in [-0.15, -0.1) is 0 Å². The summed E-state index contributed by atoms with van der Waals surface area (Å²) in [6, 6.07) is 15.2. The monoisotopic (exact) mass is 863 g/mol. The Labute approximate surface area is 362 Å². The van der Waals surface area contributed by atoms with Crippen LogP contribution in [-0.2, 0) is 42.7 Å². The third-order valence-electron chi connectivity index (χ3n) is 13.9. The average Bonchev–Trinajstić information content (AvgIpc) is 3.50. The molecular formula is C47H61NO14. The summed E-state index contributed by atoms with van der Waals surface area (Å²) in [6.45, 7) is 17.9. The van der Waals surface area contributed by atoms with Gasteiger partial charge in [0, 0.05) is 30.6 Å². The first kappa shape index (κ1) is 45.6. The highest BCUT2D eigenvalue weighted by molar-refractivity contribution is 5.89. The van der Waals surface area contributed by atoms with E-state index in [0.29, 0.717) is 16.7 Å². The van der Waals surface area contributed by atoms with Crippen LogP contribution < -0.4 is 5.32 Å². The summed E-state index contributed by atoms with van der Waals surface area (Å²) in [7, 11) is 0. The molecule has 0 radical (unpaired) electrons. The zero-order chi connectivity index (χ0) is 45.6. The van der Waals surface area contributed by atoms with Crippen LogP contribution in [0.15, 0.2) is 71.8 Å². The van der Waals surface area contributed by atoms with Gasteiger partial charge in [-0.2, -0.15) is 0 Å². The van der Waals surface area contributed by atoms with Crippen LogP contribution in [-0.4, -0.2) is 111 Å². The Morgan fingerprint density at radius 1 is 0.903 bits per heavy atom. The molecule has 3 aliphatic carbocycles. The van der Waals surface area contributed by atoms with E-state index in [0.717, 1.165) is 0 Å². The van der Waals surface area contributed by atoms with E-state index >= 15 is 0 Å². The van der Waals surface area contributed by atoms with Crippen molar-refractivity contribution in [3.8, 4) is 0 Å². The Morgan fingerprint density at radius 2 is 1.52 bits per heavy atom. The molecule has 2 aliphatic heterocycles. The van der Waals surface area contributed by atoms with E-state index in [9.17, 15) is 34.5 Å². The van der Waals surface area contributed by atoms with Gasteiger partial charge >= 0.3 is 24.0 Å². The van der Waals surface area contributed by atoms with Crippen LogP contribution in [0.5, 0.6) is 0 Å². The van der Waals surface area contributed by atoms with Gasteiger partial charge in [0.1, 0.15) is 35.6 Å². The first-order valence-electron chi connectivity index (χ1n) is 21.2. The van der Waals surface area contributed by atoms with Crippen molar-refractivity contribution in [2.45, 2.75) is 160 Å². The highest BCUT2D eigenvalue weighted by atomic mass is 16.8.